The van der Waals surface area contributed by atoms with Crippen LogP contribution in [0.25, 0.3) is 0 Å². The Hall–Kier alpha value is -2.11. The first-order valence-corrected chi connectivity index (χ1v) is 17.5. The van der Waals surface area contributed by atoms with Crippen LogP contribution in [0.4, 0.5) is 0 Å². The number of hydrogen-bond donors (Lipinski definition) is 0. The Kier molecular flexibility index (Phi) is 15.8. The van der Waals surface area contributed by atoms with Crippen LogP contribution in [0.15, 0.2) is 19.6 Å². The zero-order valence-corrected chi connectivity index (χ0v) is 28.6. The lowest BCUT2D eigenvalue weighted by molar-refractivity contribution is 0.243. The largest absolute Gasteiger partial charge is 0.489 e. The fraction of sp³-hybridized carbons (Fsp3) is 0.600. The molecule has 0 bridgehead atoms. The molecule has 0 heterocycles. The first-order valence-electron chi connectivity index (χ1n) is 14.2. The van der Waals surface area contributed by atoms with E-state index in [1.54, 1.807) is 0 Å². The summed E-state index contributed by atoms with van der Waals surface area (Å²) in [5.74, 6) is 4.75. The van der Waals surface area contributed by atoms with Crippen molar-refractivity contribution in [2.24, 2.45) is 0 Å². The topological polar surface area (TPSA) is 73.8 Å². The summed E-state index contributed by atoms with van der Waals surface area (Å²) in [6, 6.07) is 0. The Bertz CT molecular complexity index is 951. The van der Waals surface area contributed by atoms with E-state index in [1.165, 1.54) is 35.3 Å². The van der Waals surface area contributed by atoms with Gasteiger partial charge in [0.05, 0.1) is 62.6 Å². The average molecular weight is 631 g/mol. The lowest BCUT2D eigenvalue weighted by Crippen LogP contribution is -2.09. The monoisotopic (exact) mass is 630 g/mol. The van der Waals surface area contributed by atoms with E-state index in [0.29, 0.717) is 109 Å². The van der Waals surface area contributed by atoms with Gasteiger partial charge in [0.25, 0.3) is 0 Å². The zero-order chi connectivity index (χ0) is 30.4. The fourth-order valence-electron chi connectivity index (χ4n) is 4.10. The smallest absolute Gasteiger partial charge is 0.180 e. The Morgan fingerprint density at radius 3 is 0.634 bits per heavy atom. The molecule has 0 spiro atoms. The van der Waals surface area contributed by atoms with Crippen molar-refractivity contribution in [1.29, 1.82) is 0 Å². The molecule has 0 amide bonds. The van der Waals surface area contributed by atoms with E-state index in [-0.39, 0.29) is 0 Å². The molecule has 0 radical (unpaired) electrons. The van der Waals surface area contributed by atoms with Gasteiger partial charge in [-0.05, 0) is 67.9 Å². The molecule has 2 rings (SSSR count). The summed E-state index contributed by atoms with van der Waals surface area (Å²) in [5, 5.41) is 0. The lowest BCUT2D eigenvalue weighted by atomic mass is 10.2. The first kappa shape index (κ1) is 35.1. The third-order valence-electron chi connectivity index (χ3n) is 5.40. The second kappa shape index (κ2) is 18.4. The molecule has 0 fully saturated rings. The van der Waals surface area contributed by atoms with Crippen molar-refractivity contribution in [2.45, 2.75) is 75.0 Å². The summed E-state index contributed by atoms with van der Waals surface area (Å²) in [6.07, 6.45) is 3.98. The highest BCUT2D eigenvalue weighted by Crippen LogP contribution is 2.62. The Morgan fingerprint density at radius 2 is 0.488 bits per heavy atom. The van der Waals surface area contributed by atoms with Crippen LogP contribution in [0.2, 0.25) is 0 Å². The third kappa shape index (κ3) is 8.04. The molecular weight excluding hydrogens is 585 g/mol. The average Bonchev–Trinajstić information content (AvgIpc) is 2.96. The predicted molar refractivity (Wildman–Crippen MR) is 170 cm³/mol. The van der Waals surface area contributed by atoms with Gasteiger partial charge in [0.2, 0.25) is 0 Å². The zero-order valence-electron chi connectivity index (χ0n) is 26.1. The summed E-state index contributed by atoms with van der Waals surface area (Å²) in [4.78, 5) is 3.04. The van der Waals surface area contributed by atoms with Crippen LogP contribution >= 0.6 is 35.3 Å². The highest BCUT2D eigenvalue weighted by Gasteiger charge is 2.34. The minimum absolute atomic E-state index is 0.428. The second-order valence-electron chi connectivity index (χ2n) is 7.92. The molecule has 232 valence electrons. The van der Waals surface area contributed by atoms with Crippen molar-refractivity contribution >= 4 is 35.3 Å². The number of thioether (sulfide) groups is 2. The maximum atomic E-state index is 6.31. The summed E-state index contributed by atoms with van der Waals surface area (Å²) in [7, 11) is 0. The van der Waals surface area contributed by atoms with E-state index in [1.807, 2.05) is 67.9 Å². The highest BCUT2D eigenvalue weighted by atomic mass is 32.2. The van der Waals surface area contributed by atoms with Crippen LogP contribution in [0, 0.1) is 0 Å². The van der Waals surface area contributed by atoms with Crippen LogP contribution in [0.5, 0.6) is 46.0 Å². The van der Waals surface area contributed by atoms with Crippen molar-refractivity contribution in [3.8, 4) is 46.0 Å². The lowest BCUT2D eigenvalue weighted by Gasteiger charge is -2.27. The number of hydrogen-bond acceptors (Lipinski definition) is 11. The molecule has 0 saturated carbocycles. The molecule has 0 aliphatic heterocycles. The van der Waals surface area contributed by atoms with Crippen molar-refractivity contribution in [3.05, 3.63) is 0 Å². The minimum Gasteiger partial charge on any atom is -0.489 e. The molecule has 0 N–H and O–H groups in total. The van der Waals surface area contributed by atoms with Crippen molar-refractivity contribution in [1.82, 2.24) is 0 Å². The van der Waals surface area contributed by atoms with Gasteiger partial charge < -0.3 is 37.9 Å². The number of ether oxygens (including phenoxy) is 8. The maximum Gasteiger partial charge on any atom is 0.180 e. The van der Waals surface area contributed by atoms with Crippen LogP contribution in [-0.2, 0) is 0 Å². The maximum absolute atomic E-state index is 6.31. The van der Waals surface area contributed by atoms with Gasteiger partial charge in [-0.2, -0.15) is 0 Å². The summed E-state index contributed by atoms with van der Waals surface area (Å²) >= 11 is 4.48. The van der Waals surface area contributed by atoms with Crippen LogP contribution in [0.1, 0.15) is 55.4 Å². The molecule has 2 aromatic carbocycles. The van der Waals surface area contributed by atoms with Crippen molar-refractivity contribution < 1.29 is 37.9 Å². The van der Waals surface area contributed by atoms with Gasteiger partial charge in [-0.3, -0.25) is 0 Å². The number of rotatable bonds is 20. The summed E-state index contributed by atoms with van der Waals surface area (Å²) < 4.78 is 50.1. The molecule has 0 atom stereocenters. The molecule has 0 saturated heterocycles. The Labute approximate surface area is 258 Å². The van der Waals surface area contributed by atoms with E-state index >= 15 is 0 Å². The van der Waals surface area contributed by atoms with Gasteiger partial charge in [-0.25, -0.2) is 0 Å². The predicted octanol–water partition coefficient (Wildman–Crippen LogP) is 8.47. The van der Waals surface area contributed by atoms with E-state index in [4.69, 9.17) is 37.9 Å². The van der Waals surface area contributed by atoms with Crippen LogP contribution in [0.3, 0.4) is 0 Å². The standard InChI is InChI=1S/C30H46O8S3/c1-11-31-19-23(35-15-5)29(24(36-16-6)20(32-12-2)27(19)39-9)41-30-25(37-17-7)21(33-13-3)28(40-10)22(34-14-4)26(30)38-18-8/h11-18H2,1-10H3. The normalized spacial score (nSPS) is 10.8. The highest BCUT2D eigenvalue weighted by molar-refractivity contribution is 8.00. The van der Waals surface area contributed by atoms with Gasteiger partial charge in [-0.1, -0.05) is 11.8 Å². The minimum atomic E-state index is 0.428. The molecule has 0 aliphatic rings. The van der Waals surface area contributed by atoms with Gasteiger partial charge in [-0.15, -0.1) is 23.5 Å². The fourth-order valence-corrected chi connectivity index (χ4v) is 6.63. The summed E-state index contributed by atoms with van der Waals surface area (Å²) in [6.45, 7) is 19.1. The first-order chi connectivity index (χ1) is 20.0. The molecule has 0 unspecified atom stereocenters. The van der Waals surface area contributed by atoms with E-state index in [0.717, 1.165) is 9.79 Å². The van der Waals surface area contributed by atoms with E-state index in [9.17, 15) is 0 Å². The van der Waals surface area contributed by atoms with E-state index in [2.05, 4.69) is 0 Å². The molecule has 2 aromatic rings. The van der Waals surface area contributed by atoms with Crippen molar-refractivity contribution in [3.63, 3.8) is 0 Å². The van der Waals surface area contributed by atoms with Gasteiger partial charge in [0, 0.05) is 0 Å². The Balaban J connectivity index is 3.16. The molecule has 41 heavy (non-hydrogen) atoms. The SMILES string of the molecule is CCOc1c(OCC)c(Sc2c(OCC)c(OCC)c(SC)c(OCC)c2OCC)c(OCC)c(OCC)c1SC. The molecule has 11 heteroatoms. The molecule has 0 aromatic heterocycles. The van der Waals surface area contributed by atoms with Crippen LogP contribution < -0.4 is 37.9 Å². The third-order valence-corrected chi connectivity index (χ3v) is 8.10. The van der Waals surface area contributed by atoms with Gasteiger partial charge in [0.1, 0.15) is 9.79 Å². The quantitative estimate of drug-likeness (QED) is 0.132. The number of benzene rings is 2. The van der Waals surface area contributed by atoms with Gasteiger partial charge >= 0.3 is 0 Å². The second-order valence-corrected chi connectivity index (χ2v) is 10.6. The molecule has 0 aliphatic carbocycles. The molecular formula is C30H46O8S3. The summed E-state index contributed by atoms with van der Waals surface area (Å²) in [5.41, 5.74) is 0. The van der Waals surface area contributed by atoms with Gasteiger partial charge in [0.15, 0.2) is 46.0 Å². The Morgan fingerprint density at radius 1 is 0.317 bits per heavy atom. The van der Waals surface area contributed by atoms with Crippen molar-refractivity contribution in [2.75, 3.05) is 65.4 Å². The van der Waals surface area contributed by atoms with Crippen LogP contribution in [-0.4, -0.2) is 65.4 Å². The molecule has 8 nitrogen and oxygen atoms in total. The van der Waals surface area contributed by atoms with E-state index < -0.39 is 0 Å².